The topological polar surface area (TPSA) is 119 Å². The van der Waals surface area contributed by atoms with Gasteiger partial charge in [-0.1, -0.05) is 62.4 Å². The van der Waals surface area contributed by atoms with E-state index in [0.717, 1.165) is 16.8 Å². The second-order valence-electron chi connectivity index (χ2n) is 11.0. The summed E-state index contributed by atoms with van der Waals surface area (Å²) in [6.07, 6.45) is 0.735. The molecule has 3 aromatic rings. The molecule has 38 heavy (non-hydrogen) atoms. The van der Waals surface area contributed by atoms with Gasteiger partial charge in [0, 0.05) is 47.2 Å². The molecule has 3 N–H and O–H groups in total. The van der Waals surface area contributed by atoms with Crippen LogP contribution in [0.4, 0.5) is 11.5 Å². The SMILES string of the molecule is Cc1[nH]nc(N2C(N)=C(C#N)C3(C(=O)N(C)c4ccccc43)C3=C2CC(C)(C)CC3=O)c1-c1ccccc1. The van der Waals surface area contributed by atoms with Crippen molar-refractivity contribution in [2.75, 3.05) is 16.8 Å². The molecular formula is C30H28N6O2. The van der Waals surface area contributed by atoms with Crippen LogP contribution in [0, 0.1) is 23.7 Å². The lowest BCUT2D eigenvalue weighted by atomic mass is 9.60. The van der Waals surface area contributed by atoms with E-state index in [1.807, 2.05) is 75.4 Å². The molecule has 1 atom stereocenters. The van der Waals surface area contributed by atoms with Gasteiger partial charge in [-0.05, 0) is 30.4 Å². The minimum absolute atomic E-state index is 0.0470. The van der Waals surface area contributed by atoms with E-state index in [1.165, 1.54) is 4.90 Å². The molecule has 1 unspecified atom stereocenters. The third kappa shape index (κ3) is 2.93. The van der Waals surface area contributed by atoms with Gasteiger partial charge >= 0.3 is 0 Å². The fourth-order valence-corrected chi connectivity index (χ4v) is 6.43. The lowest BCUT2D eigenvalue weighted by Gasteiger charge is -2.46. The Balaban J connectivity index is 1.72. The number of nitriles is 1. The third-order valence-corrected chi connectivity index (χ3v) is 7.98. The molecule has 8 nitrogen and oxygen atoms in total. The number of Topliss-reactive ketones (excluding diaryl/α,β-unsaturated/α-hetero) is 1. The van der Waals surface area contributed by atoms with Gasteiger partial charge in [-0.3, -0.25) is 19.6 Å². The number of carbonyl (C=O) groups is 2. The van der Waals surface area contributed by atoms with Gasteiger partial charge in [0.2, 0.25) is 5.91 Å². The van der Waals surface area contributed by atoms with Crippen LogP contribution in [0.25, 0.3) is 11.1 Å². The Morgan fingerprint density at radius 1 is 1.05 bits per heavy atom. The quantitative estimate of drug-likeness (QED) is 0.532. The van der Waals surface area contributed by atoms with E-state index in [-0.39, 0.29) is 34.9 Å². The number of fused-ring (bicyclic) bond motifs is 3. The van der Waals surface area contributed by atoms with E-state index in [0.29, 0.717) is 34.8 Å². The fourth-order valence-electron chi connectivity index (χ4n) is 6.43. The average Bonchev–Trinajstić information content (AvgIpc) is 3.36. The smallest absolute Gasteiger partial charge is 0.247 e. The minimum atomic E-state index is -1.60. The van der Waals surface area contributed by atoms with Crippen LogP contribution in [-0.4, -0.2) is 28.9 Å². The molecular weight excluding hydrogens is 476 g/mol. The Hall–Kier alpha value is -4.64. The molecule has 3 heterocycles. The van der Waals surface area contributed by atoms with E-state index in [1.54, 1.807) is 11.9 Å². The molecule has 190 valence electrons. The Morgan fingerprint density at radius 3 is 2.45 bits per heavy atom. The molecule has 0 saturated heterocycles. The van der Waals surface area contributed by atoms with Crippen LogP contribution in [0.3, 0.4) is 0 Å². The number of nitrogens with two attached hydrogens (primary N) is 1. The van der Waals surface area contributed by atoms with Gasteiger partial charge < -0.3 is 10.6 Å². The predicted octanol–water partition coefficient (Wildman–Crippen LogP) is 4.46. The van der Waals surface area contributed by atoms with E-state index < -0.39 is 5.41 Å². The van der Waals surface area contributed by atoms with Crippen LogP contribution in [0.2, 0.25) is 0 Å². The Labute approximate surface area is 221 Å². The van der Waals surface area contributed by atoms with E-state index in [9.17, 15) is 14.9 Å². The van der Waals surface area contributed by atoms with Crippen molar-refractivity contribution in [1.82, 2.24) is 10.2 Å². The Kier molecular flexibility index (Phi) is 4.95. The van der Waals surface area contributed by atoms with Gasteiger partial charge in [-0.25, -0.2) is 0 Å². The fraction of sp³-hybridized carbons (Fsp3) is 0.267. The molecule has 2 aromatic carbocycles. The number of H-pyrrole nitrogens is 1. The number of para-hydroxylation sites is 1. The summed E-state index contributed by atoms with van der Waals surface area (Å²) in [5.74, 6) is 0.103. The number of hydrogen-bond acceptors (Lipinski definition) is 6. The summed E-state index contributed by atoms with van der Waals surface area (Å²) in [6, 6.07) is 19.4. The zero-order chi connectivity index (χ0) is 27.0. The van der Waals surface area contributed by atoms with Crippen LogP contribution in [0.1, 0.15) is 37.9 Å². The molecule has 1 aliphatic carbocycles. The molecule has 0 saturated carbocycles. The number of rotatable bonds is 2. The lowest BCUT2D eigenvalue weighted by molar-refractivity contribution is -0.124. The van der Waals surface area contributed by atoms with Crippen molar-refractivity contribution in [2.24, 2.45) is 11.1 Å². The molecule has 1 amide bonds. The van der Waals surface area contributed by atoms with Gasteiger partial charge in [-0.15, -0.1) is 0 Å². The number of ketones is 1. The highest BCUT2D eigenvalue weighted by atomic mass is 16.2. The number of aromatic nitrogens is 2. The normalized spacial score (nSPS) is 22.2. The van der Waals surface area contributed by atoms with Gasteiger partial charge in [0.05, 0.1) is 5.57 Å². The number of nitrogens with zero attached hydrogens (tertiary/aromatic N) is 4. The van der Waals surface area contributed by atoms with Gasteiger partial charge in [0.1, 0.15) is 17.3 Å². The van der Waals surface area contributed by atoms with E-state index in [2.05, 4.69) is 16.3 Å². The number of nitrogens with one attached hydrogen (secondary N) is 1. The number of aromatic amines is 1. The number of amides is 1. The Bertz CT molecular complexity index is 1640. The second-order valence-corrected chi connectivity index (χ2v) is 11.0. The molecule has 0 fully saturated rings. The van der Waals surface area contributed by atoms with Crippen molar-refractivity contribution in [1.29, 1.82) is 5.26 Å². The van der Waals surface area contributed by atoms with Crippen LogP contribution in [0.5, 0.6) is 0 Å². The molecule has 1 spiro atoms. The Morgan fingerprint density at radius 2 is 1.74 bits per heavy atom. The lowest BCUT2D eigenvalue weighted by Crippen LogP contribution is -2.53. The standard InChI is InChI=1S/C30H28N6O2/c1-17-24(18-10-6-5-7-11-18)27(34-33-17)36-22-14-29(2,3)15-23(37)25(22)30(20(16-31)26(36)32)19-12-8-9-13-21(19)35(4)28(30)38/h5-13H,14-15,32H2,1-4H3,(H,33,34). The maximum atomic E-state index is 14.2. The van der Waals surface area contributed by atoms with Crippen LogP contribution < -0.4 is 15.5 Å². The zero-order valence-electron chi connectivity index (χ0n) is 21.8. The maximum absolute atomic E-state index is 14.2. The van der Waals surface area contributed by atoms with Gasteiger partial charge in [0.15, 0.2) is 11.6 Å². The second kappa shape index (κ2) is 7.93. The molecule has 3 aliphatic rings. The zero-order valence-corrected chi connectivity index (χ0v) is 21.8. The molecule has 1 aromatic heterocycles. The first kappa shape index (κ1) is 23.7. The highest BCUT2D eigenvalue weighted by Crippen LogP contribution is 2.58. The molecule has 0 bridgehead atoms. The van der Waals surface area contributed by atoms with Crippen LogP contribution >= 0.6 is 0 Å². The average molecular weight is 505 g/mol. The highest BCUT2D eigenvalue weighted by molar-refractivity contribution is 6.20. The van der Waals surface area contributed by atoms with Crippen molar-refractivity contribution in [3.63, 3.8) is 0 Å². The van der Waals surface area contributed by atoms with E-state index >= 15 is 0 Å². The number of aryl methyl sites for hydroxylation is 1. The number of hydrogen-bond donors (Lipinski definition) is 2. The van der Waals surface area contributed by atoms with Crippen molar-refractivity contribution in [3.05, 3.63) is 88.5 Å². The summed E-state index contributed by atoms with van der Waals surface area (Å²) in [6.45, 7) is 5.99. The first-order valence-electron chi connectivity index (χ1n) is 12.6. The number of likely N-dealkylation sites (N-methyl/N-ethyl adjacent to an activating group) is 1. The molecule has 0 radical (unpaired) electrons. The largest absolute Gasteiger partial charge is 0.384 e. The summed E-state index contributed by atoms with van der Waals surface area (Å²) in [7, 11) is 1.68. The molecule has 6 rings (SSSR count). The number of benzene rings is 2. The van der Waals surface area contributed by atoms with Gasteiger partial charge in [-0.2, -0.15) is 10.4 Å². The van der Waals surface area contributed by atoms with Crippen molar-refractivity contribution < 1.29 is 9.59 Å². The summed E-state index contributed by atoms with van der Waals surface area (Å²) in [4.78, 5) is 31.6. The number of anilines is 2. The highest BCUT2D eigenvalue weighted by Gasteiger charge is 2.62. The van der Waals surface area contributed by atoms with Crippen LogP contribution in [0.15, 0.2) is 77.3 Å². The summed E-state index contributed by atoms with van der Waals surface area (Å²) in [5, 5.41) is 18.3. The van der Waals surface area contributed by atoms with Crippen molar-refractivity contribution >= 4 is 23.2 Å². The first-order valence-corrected chi connectivity index (χ1v) is 12.6. The van der Waals surface area contributed by atoms with E-state index in [4.69, 9.17) is 5.73 Å². The monoisotopic (exact) mass is 504 g/mol. The molecule has 8 heteroatoms. The molecule has 2 aliphatic heterocycles. The maximum Gasteiger partial charge on any atom is 0.247 e. The minimum Gasteiger partial charge on any atom is -0.384 e. The summed E-state index contributed by atoms with van der Waals surface area (Å²) in [5.41, 5.74) is 9.73. The number of carbonyl (C=O) groups excluding carboxylic acids is 2. The summed E-state index contributed by atoms with van der Waals surface area (Å²) < 4.78 is 0. The summed E-state index contributed by atoms with van der Waals surface area (Å²) >= 11 is 0. The first-order chi connectivity index (χ1) is 18.1. The van der Waals surface area contributed by atoms with Crippen molar-refractivity contribution in [3.8, 4) is 17.2 Å². The van der Waals surface area contributed by atoms with Crippen molar-refractivity contribution in [2.45, 2.75) is 39.0 Å². The number of allylic oxidation sites excluding steroid dienone is 1. The van der Waals surface area contributed by atoms with Gasteiger partial charge in [0.25, 0.3) is 0 Å². The third-order valence-electron chi connectivity index (χ3n) is 7.98. The predicted molar refractivity (Wildman–Crippen MR) is 145 cm³/mol. The van der Waals surface area contributed by atoms with Crippen LogP contribution in [-0.2, 0) is 15.0 Å².